The van der Waals surface area contributed by atoms with Crippen LogP contribution in [0.4, 0.5) is 14.5 Å². The highest BCUT2D eigenvalue weighted by atomic mass is 32.2. The summed E-state index contributed by atoms with van der Waals surface area (Å²) in [5, 5.41) is 2.92. The quantitative estimate of drug-likeness (QED) is 0.146. The number of carbonyl (C=O) groups is 2. The van der Waals surface area contributed by atoms with E-state index in [0.29, 0.717) is 24.5 Å². The van der Waals surface area contributed by atoms with Gasteiger partial charge in [-0.3, -0.25) is 13.9 Å². The third-order valence-electron chi connectivity index (χ3n) is 7.48. The molecule has 0 saturated heterocycles. The van der Waals surface area contributed by atoms with Gasteiger partial charge in [0, 0.05) is 19.5 Å². The Bertz CT molecular complexity index is 1700. The number of halogens is 2. The van der Waals surface area contributed by atoms with Crippen LogP contribution < -0.4 is 14.4 Å². The molecule has 0 fully saturated rings. The maximum Gasteiger partial charge on any atom is 0.264 e. The Morgan fingerprint density at radius 3 is 2.02 bits per heavy atom. The summed E-state index contributed by atoms with van der Waals surface area (Å²) in [7, 11) is -4.37. The number of rotatable bonds is 16. The van der Waals surface area contributed by atoms with Crippen LogP contribution in [0.2, 0.25) is 0 Å². The highest BCUT2D eigenvalue weighted by Gasteiger charge is 2.34. The molecule has 0 aliphatic heterocycles. The second-order valence-corrected chi connectivity index (χ2v) is 12.8. The number of hydrogen-bond acceptors (Lipinski definition) is 5. The SMILES string of the molecule is CCCCNC(=O)[C@@H](Cc1ccccc1)N(Cc1ccc(F)cc1)C(=O)CN(c1ccc(F)cc1)S(=O)(=O)c1ccc(OCC)cc1. The van der Waals surface area contributed by atoms with E-state index in [4.69, 9.17) is 4.74 Å². The molecule has 2 amide bonds. The second-order valence-electron chi connectivity index (χ2n) is 10.9. The summed E-state index contributed by atoms with van der Waals surface area (Å²) in [5.74, 6) is -1.66. The van der Waals surface area contributed by atoms with Gasteiger partial charge in [-0.05, 0) is 85.1 Å². The number of nitrogens with zero attached hydrogens (tertiary/aromatic N) is 2. The van der Waals surface area contributed by atoms with Gasteiger partial charge in [-0.1, -0.05) is 55.8 Å². The summed E-state index contributed by atoms with van der Waals surface area (Å²) in [6, 6.07) is 24.2. The Kier molecular flexibility index (Phi) is 12.5. The Balaban J connectivity index is 1.77. The molecule has 47 heavy (non-hydrogen) atoms. The molecule has 248 valence electrons. The number of anilines is 1. The van der Waals surface area contributed by atoms with Crippen LogP contribution >= 0.6 is 0 Å². The molecule has 1 N–H and O–H groups in total. The summed E-state index contributed by atoms with van der Waals surface area (Å²) in [4.78, 5) is 29.4. The minimum absolute atomic E-state index is 0.0578. The zero-order valence-corrected chi connectivity index (χ0v) is 27.3. The first-order valence-corrected chi connectivity index (χ1v) is 16.9. The van der Waals surface area contributed by atoms with Crippen LogP contribution in [0, 0.1) is 11.6 Å². The highest BCUT2D eigenvalue weighted by Crippen LogP contribution is 2.27. The second kappa shape index (κ2) is 16.7. The number of nitrogens with one attached hydrogen (secondary N) is 1. The molecule has 8 nitrogen and oxygen atoms in total. The van der Waals surface area contributed by atoms with Gasteiger partial charge >= 0.3 is 0 Å². The molecule has 0 bridgehead atoms. The monoisotopic (exact) mass is 663 g/mol. The van der Waals surface area contributed by atoms with Crippen LogP contribution in [0.1, 0.15) is 37.8 Å². The van der Waals surface area contributed by atoms with Crippen molar-refractivity contribution < 1.29 is 31.5 Å². The zero-order valence-electron chi connectivity index (χ0n) is 26.4. The zero-order chi connectivity index (χ0) is 33.8. The first-order valence-electron chi connectivity index (χ1n) is 15.5. The normalized spacial score (nSPS) is 11.8. The lowest BCUT2D eigenvalue weighted by molar-refractivity contribution is -0.140. The van der Waals surface area contributed by atoms with Crippen LogP contribution in [-0.2, 0) is 32.6 Å². The maximum absolute atomic E-state index is 14.4. The molecular formula is C36H39F2N3O5S. The molecule has 11 heteroatoms. The van der Waals surface area contributed by atoms with Crippen molar-refractivity contribution in [2.24, 2.45) is 0 Å². The van der Waals surface area contributed by atoms with Crippen LogP contribution in [0.25, 0.3) is 0 Å². The minimum atomic E-state index is -4.37. The fraction of sp³-hybridized carbons (Fsp3) is 0.278. The molecule has 4 aromatic rings. The number of ether oxygens (including phenoxy) is 1. The van der Waals surface area contributed by atoms with Gasteiger partial charge in [0.15, 0.2) is 0 Å². The molecule has 4 rings (SSSR count). The molecule has 0 spiro atoms. The van der Waals surface area contributed by atoms with E-state index < -0.39 is 46.1 Å². The van der Waals surface area contributed by atoms with Gasteiger partial charge in [-0.15, -0.1) is 0 Å². The van der Waals surface area contributed by atoms with E-state index >= 15 is 0 Å². The van der Waals surface area contributed by atoms with Crippen molar-refractivity contribution >= 4 is 27.5 Å². The van der Waals surface area contributed by atoms with E-state index in [1.807, 2.05) is 37.3 Å². The van der Waals surface area contributed by atoms with E-state index in [2.05, 4.69) is 5.32 Å². The van der Waals surface area contributed by atoms with Crippen molar-refractivity contribution in [1.82, 2.24) is 10.2 Å². The van der Waals surface area contributed by atoms with E-state index in [9.17, 15) is 26.8 Å². The van der Waals surface area contributed by atoms with Gasteiger partial charge < -0.3 is 15.0 Å². The Hall–Kier alpha value is -4.77. The molecule has 0 unspecified atom stereocenters. The number of unbranched alkanes of at least 4 members (excludes halogenated alkanes) is 1. The molecule has 0 saturated carbocycles. The predicted octanol–water partition coefficient (Wildman–Crippen LogP) is 6.12. The third kappa shape index (κ3) is 9.62. The number of carbonyl (C=O) groups excluding carboxylic acids is 2. The number of amides is 2. The van der Waals surface area contributed by atoms with Crippen LogP contribution in [-0.4, -0.2) is 50.9 Å². The average Bonchev–Trinajstić information content (AvgIpc) is 3.07. The van der Waals surface area contributed by atoms with Crippen LogP contribution in [0.15, 0.2) is 108 Å². The Labute approximate surface area is 275 Å². The van der Waals surface area contributed by atoms with E-state index in [1.54, 1.807) is 6.92 Å². The van der Waals surface area contributed by atoms with Crippen molar-refractivity contribution in [1.29, 1.82) is 0 Å². The van der Waals surface area contributed by atoms with Gasteiger partial charge in [-0.2, -0.15) is 0 Å². The summed E-state index contributed by atoms with van der Waals surface area (Å²) in [6.07, 6.45) is 1.72. The number of sulfonamides is 1. The lowest BCUT2D eigenvalue weighted by atomic mass is 10.0. The number of hydrogen-bond donors (Lipinski definition) is 1. The molecule has 1 atom stereocenters. The lowest BCUT2D eigenvalue weighted by Crippen LogP contribution is -2.53. The maximum atomic E-state index is 14.4. The molecule has 4 aromatic carbocycles. The smallest absolute Gasteiger partial charge is 0.264 e. The van der Waals surface area contributed by atoms with Crippen LogP contribution in [0.5, 0.6) is 5.75 Å². The van der Waals surface area contributed by atoms with Crippen molar-refractivity contribution in [3.63, 3.8) is 0 Å². The van der Waals surface area contributed by atoms with Gasteiger partial charge in [0.2, 0.25) is 11.8 Å². The highest BCUT2D eigenvalue weighted by molar-refractivity contribution is 7.92. The third-order valence-corrected chi connectivity index (χ3v) is 9.27. The van der Waals surface area contributed by atoms with Gasteiger partial charge in [-0.25, -0.2) is 17.2 Å². The fourth-order valence-corrected chi connectivity index (χ4v) is 6.40. The summed E-state index contributed by atoms with van der Waals surface area (Å²) < 4.78 is 62.3. The van der Waals surface area contributed by atoms with Crippen molar-refractivity contribution in [2.45, 2.75) is 50.6 Å². The molecule has 0 radical (unpaired) electrons. The van der Waals surface area contributed by atoms with Crippen molar-refractivity contribution in [3.05, 3.63) is 126 Å². The van der Waals surface area contributed by atoms with Crippen molar-refractivity contribution in [3.8, 4) is 5.75 Å². The Morgan fingerprint density at radius 2 is 1.43 bits per heavy atom. The first kappa shape index (κ1) is 35.1. The van der Waals surface area contributed by atoms with E-state index in [-0.39, 0.29) is 23.5 Å². The van der Waals surface area contributed by atoms with E-state index in [1.165, 1.54) is 65.6 Å². The predicted molar refractivity (Wildman–Crippen MR) is 177 cm³/mol. The van der Waals surface area contributed by atoms with Gasteiger partial charge in [0.05, 0.1) is 17.2 Å². The molecule has 0 aliphatic carbocycles. The summed E-state index contributed by atoms with van der Waals surface area (Å²) in [5.41, 5.74) is 1.39. The average molecular weight is 664 g/mol. The fourth-order valence-electron chi connectivity index (χ4n) is 4.98. The summed E-state index contributed by atoms with van der Waals surface area (Å²) in [6.45, 7) is 3.79. The molecule has 0 aromatic heterocycles. The lowest BCUT2D eigenvalue weighted by Gasteiger charge is -2.34. The first-order chi connectivity index (χ1) is 22.6. The summed E-state index contributed by atoms with van der Waals surface area (Å²) >= 11 is 0. The Morgan fingerprint density at radius 1 is 0.809 bits per heavy atom. The van der Waals surface area contributed by atoms with Crippen molar-refractivity contribution in [2.75, 3.05) is 24.0 Å². The van der Waals surface area contributed by atoms with Crippen LogP contribution in [0.3, 0.4) is 0 Å². The topological polar surface area (TPSA) is 96.0 Å². The van der Waals surface area contributed by atoms with Gasteiger partial charge in [0.1, 0.15) is 30.0 Å². The van der Waals surface area contributed by atoms with E-state index in [0.717, 1.165) is 34.8 Å². The molecule has 0 heterocycles. The minimum Gasteiger partial charge on any atom is -0.494 e. The molecular weight excluding hydrogens is 624 g/mol. The molecule has 0 aliphatic rings. The van der Waals surface area contributed by atoms with Gasteiger partial charge in [0.25, 0.3) is 10.0 Å². The largest absolute Gasteiger partial charge is 0.494 e. The number of benzene rings is 4. The standard InChI is InChI=1S/C36H39F2N3O5S/c1-3-5-23-39-36(43)34(24-27-9-7-6-8-10-27)40(25-28-11-13-29(37)14-12-28)35(42)26-41(31-17-15-30(38)16-18-31)47(44,45)33-21-19-32(20-22-33)46-4-2/h6-22,34H,3-5,23-26H2,1-2H3,(H,39,43)/t34-/m1/s1.